The van der Waals surface area contributed by atoms with Crippen molar-refractivity contribution in [3.8, 4) is 0 Å². The van der Waals surface area contributed by atoms with Crippen LogP contribution in [0.4, 0.5) is 4.79 Å². The number of nitrogens with zero attached hydrogens (tertiary/aromatic N) is 5. The van der Waals surface area contributed by atoms with Gasteiger partial charge in [0.15, 0.2) is 0 Å². The van der Waals surface area contributed by atoms with Gasteiger partial charge in [-0.1, -0.05) is 18.9 Å². The van der Waals surface area contributed by atoms with E-state index in [2.05, 4.69) is 35.9 Å². The zero-order chi connectivity index (χ0) is 25.9. The van der Waals surface area contributed by atoms with Crippen LogP contribution in [0.15, 0.2) is 39.7 Å². The summed E-state index contributed by atoms with van der Waals surface area (Å²) in [5, 5.41) is 0.587. The number of ether oxygens (including phenoxy) is 1. The van der Waals surface area contributed by atoms with E-state index in [0.717, 1.165) is 52.4 Å². The molecule has 37 heavy (non-hydrogen) atoms. The van der Waals surface area contributed by atoms with E-state index < -0.39 is 5.60 Å². The second-order valence-electron chi connectivity index (χ2n) is 11.3. The number of pyridine rings is 1. The molecular formula is C28H32BrN5O3. The number of hydrogen-bond donors (Lipinski definition) is 0. The van der Waals surface area contributed by atoms with E-state index in [1.807, 2.05) is 45.2 Å². The largest absolute Gasteiger partial charge is 0.444 e. The van der Waals surface area contributed by atoms with Crippen molar-refractivity contribution in [3.63, 3.8) is 0 Å². The molecule has 0 N–H and O–H groups in total. The predicted octanol–water partition coefficient (Wildman–Crippen LogP) is 6.19. The lowest BCUT2D eigenvalue weighted by Gasteiger charge is -2.33. The monoisotopic (exact) mass is 565 g/mol. The summed E-state index contributed by atoms with van der Waals surface area (Å²) in [5.74, 6) is 0.952. The van der Waals surface area contributed by atoms with Crippen LogP contribution in [-0.4, -0.2) is 48.6 Å². The van der Waals surface area contributed by atoms with Crippen LogP contribution in [0.5, 0.6) is 0 Å². The van der Waals surface area contributed by atoms with Gasteiger partial charge >= 0.3 is 6.09 Å². The van der Waals surface area contributed by atoms with Crippen LogP contribution < -0.4 is 5.56 Å². The molecule has 1 saturated carbocycles. The number of halogens is 1. The Balaban J connectivity index is 1.43. The molecule has 1 aromatic carbocycles. The minimum absolute atomic E-state index is 0.216. The smallest absolute Gasteiger partial charge is 0.410 e. The van der Waals surface area contributed by atoms with E-state index in [9.17, 15) is 9.59 Å². The highest BCUT2D eigenvalue weighted by Crippen LogP contribution is 2.37. The van der Waals surface area contributed by atoms with Gasteiger partial charge in [-0.25, -0.2) is 4.79 Å². The molecule has 6 rings (SSSR count). The van der Waals surface area contributed by atoms with E-state index in [1.165, 1.54) is 12.8 Å². The van der Waals surface area contributed by atoms with Crippen LogP contribution in [0.25, 0.3) is 27.7 Å². The summed E-state index contributed by atoms with van der Waals surface area (Å²) in [6, 6.07) is 8.33. The van der Waals surface area contributed by atoms with Crippen LogP contribution in [0, 0.1) is 0 Å². The Bertz CT molecular complexity index is 1570. The highest BCUT2D eigenvalue weighted by Gasteiger charge is 2.30. The van der Waals surface area contributed by atoms with Crippen LogP contribution in [0.1, 0.15) is 76.9 Å². The summed E-state index contributed by atoms with van der Waals surface area (Å²) < 4.78 is 10.7. The molecule has 9 heteroatoms. The van der Waals surface area contributed by atoms with Gasteiger partial charge in [0.2, 0.25) is 5.78 Å². The van der Waals surface area contributed by atoms with Gasteiger partial charge in [0.1, 0.15) is 5.60 Å². The lowest BCUT2D eigenvalue weighted by molar-refractivity contribution is 0.0204. The number of hydrogen-bond acceptors (Lipinski definition) is 5. The molecule has 1 aliphatic heterocycles. The van der Waals surface area contributed by atoms with Crippen LogP contribution in [0.3, 0.4) is 0 Å². The molecule has 1 aliphatic carbocycles. The highest BCUT2D eigenvalue weighted by molar-refractivity contribution is 9.10. The topological polar surface area (TPSA) is 81.7 Å². The summed E-state index contributed by atoms with van der Waals surface area (Å²) >= 11 is 3.55. The summed E-state index contributed by atoms with van der Waals surface area (Å²) in [6.45, 7) is 6.99. The number of fused-ring (bicyclic) bond motifs is 5. The molecule has 194 valence electrons. The molecule has 0 radical (unpaired) electrons. The first-order valence-electron chi connectivity index (χ1n) is 13.2. The van der Waals surface area contributed by atoms with Crippen LogP contribution in [0.2, 0.25) is 0 Å². The number of piperidine rings is 1. The fourth-order valence-electron chi connectivity index (χ4n) is 5.97. The first-order chi connectivity index (χ1) is 17.7. The minimum atomic E-state index is -0.496. The van der Waals surface area contributed by atoms with E-state index in [-0.39, 0.29) is 17.6 Å². The molecule has 0 spiro atoms. The molecule has 2 fully saturated rings. The molecule has 4 heterocycles. The number of rotatable bonds is 2. The third kappa shape index (κ3) is 4.31. The molecule has 3 aromatic heterocycles. The summed E-state index contributed by atoms with van der Waals surface area (Å²) in [5.41, 5.74) is 3.20. The average Bonchev–Trinajstić information content (AvgIpc) is 3.48. The quantitative estimate of drug-likeness (QED) is 0.289. The third-order valence-corrected chi connectivity index (χ3v) is 8.36. The number of amides is 1. The SMILES string of the molecule is CC(C)(C)OC(=O)N1CCC(c2cc3c(cn2)n2c4cccc(Br)c4c(=O)nc2n3C2CCCC2)CC1. The maximum atomic E-state index is 13.1. The minimum Gasteiger partial charge on any atom is -0.444 e. The second kappa shape index (κ2) is 9.11. The zero-order valence-electron chi connectivity index (χ0n) is 21.5. The highest BCUT2D eigenvalue weighted by atomic mass is 79.9. The molecule has 1 saturated heterocycles. The lowest BCUT2D eigenvalue weighted by Crippen LogP contribution is -2.41. The number of aromatic nitrogens is 4. The van der Waals surface area contributed by atoms with E-state index in [1.54, 1.807) is 4.90 Å². The van der Waals surface area contributed by atoms with Crippen molar-refractivity contribution in [1.82, 2.24) is 23.8 Å². The molecule has 0 bridgehead atoms. The standard InChI is InChI=1S/C28H32BrN5O3/c1-28(2,3)37-27(36)32-13-11-17(12-14-32)20-15-22-23(16-30-20)34-21-10-6-9-19(29)24(21)25(35)31-26(34)33(22)18-7-4-5-8-18/h6,9-10,15-18H,4-5,7-8,11-14H2,1-3H3. The van der Waals surface area contributed by atoms with Gasteiger partial charge in [0.05, 0.1) is 28.1 Å². The Kier molecular flexibility index (Phi) is 6.01. The third-order valence-electron chi connectivity index (χ3n) is 7.70. The van der Waals surface area contributed by atoms with Gasteiger partial charge in [-0.15, -0.1) is 0 Å². The van der Waals surface area contributed by atoms with E-state index >= 15 is 0 Å². The maximum Gasteiger partial charge on any atom is 0.410 e. The van der Waals surface area contributed by atoms with Crippen molar-refractivity contribution in [2.75, 3.05) is 13.1 Å². The Morgan fingerprint density at radius 2 is 1.78 bits per heavy atom. The van der Waals surface area contributed by atoms with E-state index in [0.29, 0.717) is 30.3 Å². The van der Waals surface area contributed by atoms with Crippen molar-refractivity contribution in [2.24, 2.45) is 0 Å². The molecule has 0 unspecified atom stereocenters. The molecule has 1 amide bonds. The number of carbonyl (C=O) groups is 1. The molecular weight excluding hydrogens is 534 g/mol. The summed E-state index contributed by atoms with van der Waals surface area (Å²) in [7, 11) is 0. The van der Waals surface area contributed by atoms with Crippen molar-refractivity contribution in [2.45, 2.75) is 76.9 Å². The average molecular weight is 566 g/mol. The normalized spacial score (nSPS) is 17.9. The van der Waals surface area contributed by atoms with Gasteiger partial charge in [-0.05, 0) is 80.6 Å². The van der Waals surface area contributed by atoms with Crippen molar-refractivity contribution in [1.29, 1.82) is 0 Å². The van der Waals surface area contributed by atoms with Gasteiger partial charge in [-0.2, -0.15) is 4.98 Å². The van der Waals surface area contributed by atoms with Gasteiger partial charge in [0.25, 0.3) is 5.56 Å². The Morgan fingerprint density at radius 1 is 1.05 bits per heavy atom. The maximum absolute atomic E-state index is 13.1. The van der Waals surface area contributed by atoms with Crippen molar-refractivity contribution >= 4 is 49.7 Å². The number of benzene rings is 1. The van der Waals surface area contributed by atoms with E-state index in [4.69, 9.17) is 9.72 Å². The number of imidazole rings is 1. The lowest BCUT2D eigenvalue weighted by atomic mass is 9.93. The van der Waals surface area contributed by atoms with Gasteiger partial charge in [0, 0.05) is 35.2 Å². The fraction of sp³-hybridized carbons (Fsp3) is 0.500. The molecule has 8 nitrogen and oxygen atoms in total. The first kappa shape index (κ1) is 24.4. The molecule has 4 aromatic rings. The Morgan fingerprint density at radius 3 is 2.49 bits per heavy atom. The van der Waals surface area contributed by atoms with Gasteiger partial charge in [-0.3, -0.25) is 14.2 Å². The van der Waals surface area contributed by atoms with Crippen LogP contribution >= 0.6 is 15.9 Å². The number of likely N-dealkylation sites (tertiary alicyclic amines) is 1. The molecule has 2 aliphatic rings. The Labute approximate surface area is 223 Å². The predicted molar refractivity (Wildman–Crippen MR) is 147 cm³/mol. The van der Waals surface area contributed by atoms with Crippen molar-refractivity contribution < 1.29 is 9.53 Å². The fourth-order valence-corrected chi connectivity index (χ4v) is 6.50. The summed E-state index contributed by atoms with van der Waals surface area (Å²) in [6.07, 6.45) is 7.90. The molecule has 0 atom stereocenters. The number of carbonyl (C=O) groups excluding carboxylic acids is 1. The first-order valence-corrected chi connectivity index (χ1v) is 14.0. The van der Waals surface area contributed by atoms with Crippen molar-refractivity contribution in [3.05, 3.63) is 51.0 Å². The van der Waals surface area contributed by atoms with Crippen LogP contribution in [-0.2, 0) is 4.74 Å². The summed E-state index contributed by atoms with van der Waals surface area (Å²) in [4.78, 5) is 37.0. The van der Waals surface area contributed by atoms with Gasteiger partial charge < -0.3 is 14.2 Å². The Hall–Kier alpha value is -2.94. The second-order valence-corrected chi connectivity index (χ2v) is 12.2. The zero-order valence-corrected chi connectivity index (χ0v) is 23.1.